The fourth-order valence-electron chi connectivity index (χ4n) is 3.98. The molecule has 28 heavy (non-hydrogen) atoms. The van der Waals surface area contributed by atoms with Crippen molar-refractivity contribution in [2.24, 2.45) is 0 Å². The van der Waals surface area contributed by atoms with Gasteiger partial charge in [0.1, 0.15) is 5.75 Å². The second-order valence-electron chi connectivity index (χ2n) is 6.94. The molecule has 0 spiro atoms. The van der Waals surface area contributed by atoms with Crippen molar-refractivity contribution in [2.75, 3.05) is 5.09 Å². The average molecular weight is 385 g/mol. The van der Waals surface area contributed by atoms with Gasteiger partial charge in [-0.1, -0.05) is 67.6 Å². The van der Waals surface area contributed by atoms with Crippen LogP contribution in [0.2, 0.25) is 0 Å². The van der Waals surface area contributed by atoms with E-state index < -0.39 is 8.18 Å². The van der Waals surface area contributed by atoms with E-state index in [1.165, 1.54) is 16.2 Å². The lowest BCUT2D eigenvalue weighted by Gasteiger charge is -2.15. The Morgan fingerprint density at radius 2 is 1.46 bits per heavy atom. The van der Waals surface area contributed by atoms with E-state index in [1.54, 1.807) is 0 Å². The number of benzene rings is 5. The number of anilines is 1. The van der Waals surface area contributed by atoms with Gasteiger partial charge in [-0.05, 0) is 51.7 Å². The van der Waals surface area contributed by atoms with E-state index in [0.717, 1.165) is 33.8 Å². The number of hydrogen-bond donors (Lipinski definition) is 1. The van der Waals surface area contributed by atoms with Crippen LogP contribution in [0.15, 0.2) is 78.9 Å². The van der Waals surface area contributed by atoms with Crippen molar-refractivity contribution in [3.63, 3.8) is 0 Å². The molecule has 1 N–H and O–H groups in total. The lowest BCUT2D eigenvalue weighted by Crippen LogP contribution is -1.96. The van der Waals surface area contributed by atoms with E-state index >= 15 is 0 Å². The fourth-order valence-corrected chi connectivity index (χ4v) is 4.88. The smallest absolute Gasteiger partial charge is 0.329 e. The molecular formula is C24H20NO2P. The van der Waals surface area contributed by atoms with Crippen molar-refractivity contribution in [3.8, 4) is 5.75 Å². The molecule has 0 fully saturated rings. The lowest BCUT2D eigenvalue weighted by atomic mass is 9.94. The molecule has 0 aliphatic rings. The third-order valence-corrected chi connectivity index (χ3v) is 6.21. The maximum Gasteiger partial charge on any atom is 0.329 e. The van der Waals surface area contributed by atoms with Gasteiger partial charge in [0.25, 0.3) is 0 Å². The molecule has 0 bridgehead atoms. The first kappa shape index (κ1) is 17.1. The van der Waals surface area contributed by atoms with Gasteiger partial charge in [-0.15, -0.1) is 0 Å². The first-order valence-corrected chi connectivity index (χ1v) is 10.8. The van der Waals surface area contributed by atoms with E-state index in [4.69, 9.17) is 4.52 Å². The van der Waals surface area contributed by atoms with E-state index in [9.17, 15) is 4.57 Å². The second-order valence-corrected chi connectivity index (χ2v) is 7.97. The molecule has 0 radical (unpaired) electrons. The van der Waals surface area contributed by atoms with Crippen LogP contribution in [-0.4, -0.2) is 0 Å². The zero-order valence-corrected chi connectivity index (χ0v) is 16.5. The van der Waals surface area contributed by atoms with Gasteiger partial charge in [0.2, 0.25) is 0 Å². The largest absolute Gasteiger partial charge is 0.430 e. The van der Waals surface area contributed by atoms with Crippen LogP contribution < -0.4 is 9.61 Å². The van der Waals surface area contributed by atoms with Gasteiger partial charge < -0.3 is 9.61 Å². The molecule has 0 heterocycles. The minimum absolute atomic E-state index is 0.649. The molecule has 1 atom stereocenters. The summed E-state index contributed by atoms with van der Waals surface area (Å²) in [7, 11) is -2.49. The highest BCUT2D eigenvalue weighted by Crippen LogP contribution is 2.41. The topological polar surface area (TPSA) is 38.3 Å². The molecule has 4 heteroatoms. The summed E-state index contributed by atoms with van der Waals surface area (Å²) in [6, 6.07) is 26.6. The summed E-state index contributed by atoms with van der Waals surface area (Å²) in [5, 5.41) is 10.0. The van der Waals surface area contributed by atoms with Crippen LogP contribution in [0.4, 0.5) is 5.69 Å². The van der Waals surface area contributed by atoms with Crippen molar-refractivity contribution in [1.82, 2.24) is 0 Å². The van der Waals surface area contributed by atoms with Gasteiger partial charge >= 0.3 is 8.18 Å². The quantitative estimate of drug-likeness (QED) is 0.261. The van der Waals surface area contributed by atoms with Crippen LogP contribution in [0.5, 0.6) is 5.75 Å². The van der Waals surface area contributed by atoms with E-state index in [2.05, 4.69) is 54.5 Å². The summed E-state index contributed by atoms with van der Waals surface area (Å²) in [4.78, 5) is 0. The summed E-state index contributed by atoms with van der Waals surface area (Å²) < 4.78 is 18.7. The highest BCUT2D eigenvalue weighted by atomic mass is 31.1. The predicted octanol–water partition coefficient (Wildman–Crippen LogP) is 7.03. The lowest BCUT2D eigenvalue weighted by molar-refractivity contribution is 0.512. The molecule has 138 valence electrons. The first-order chi connectivity index (χ1) is 13.7. The predicted molar refractivity (Wildman–Crippen MR) is 119 cm³/mol. The second kappa shape index (κ2) is 6.85. The Hall–Kier alpha value is -3.03. The summed E-state index contributed by atoms with van der Waals surface area (Å²) in [5.74, 6) is 0.649. The maximum atomic E-state index is 12.8. The van der Waals surface area contributed by atoms with Crippen molar-refractivity contribution < 1.29 is 9.09 Å². The first-order valence-electron chi connectivity index (χ1n) is 9.48. The molecule has 0 saturated carbocycles. The van der Waals surface area contributed by atoms with Crippen LogP contribution in [0.25, 0.3) is 32.3 Å². The Morgan fingerprint density at radius 1 is 0.786 bits per heavy atom. The number of rotatable bonds is 5. The van der Waals surface area contributed by atoms with E-state index in [-0.39, 0.29) is 0 Å². The third-order valence-electron chi connectivity index (χ3n) is 5.33. The minimum Gasteiger partial charge on any atom is -0.430 e. The Bertz CT molecular complexity index is 1310. The molecule has 5 rings (SSSR count). The van der Waals surface area contributed by atoms with Crippen LogP contribution in [0.3, 0.4) is 0 Å². The summed E-state index contributed by atoms with van der Waals surface area (Å²) in [5.41, 5.74) is 1.99. The molecule has 0 amide bonds. The van der Waals surface area contributed by atoms with Crippen molar-refractivity contribution in [1.29, 1.82) is 0 Å². The van der Waals surface area contributed by atoms with Gasteiger partial charge in [0, 0.05) is 16.5 Å². The zero-order chi connectivity index (χ0) is 19.1. The summed E-state index contributed by atoms with van der Waals surface area (Å²) in [6.07, 6.45) is 0.872. The van der Waals surface area contributed by atoms with Gasteiger partial charge in [-0.3, -0.25) is 4.57 Å². The SMILES string of the molecule is CCc1ccccc1N[PH](=O)Oc1ccc2ccc3cccc4ccc1c2c34. The van der Waals surface area contributed by atoms with Crippen LogP contribution in [-0.2, 0) is 11.0 Å². The summed E-state index contributed by atoms with van der Waals surface area (Å²) >= 11 is 0. The molecule has 3 nitrogen and oxygen atoms in total. The molecule has 5 aromatic rings. The van der Waals surface area contributed by atoms with Gasteiger partial charge in [0.15, 0.2) is 0 Å². The van der Waals surface area contributed by atoms with E-state index in [0.29, 0.717) is 5.75 Å². The van der Waals surface area contributed by atoms with Crippen LogP contribution in [0.1, 0.15) is 12.5 Å². The number of hydrogen-bond acceptors (Lipinski definition) is 2. The van der Waals surface area contributed by atoms with Crippen molar-refractivity contribution >= 4 is 46.2 Å². The van der Waals surface area contributed by atoms with Gasteiger partial charge in [-0.25, -0.2) is 0 Å². The fraction of sp³-hybridized carbons (Fsp3) is 0.0833. The van der Waals surface area contributed by atoms with Crippen molar-refractivity contribution in [3.05, 3.63) is 84.4 Å². The Labute approximate surface area is 164 Å². The third kappa shape index (κ3) is 2.80. The summed E-state index contributed by atoms with van der Waals surface area (Å²) in [6.45, 7) is 2.08. The Morgan fingerprint density at radius 3 is 2.25 bits per heavy atom. The van der Waals surface area contributed by atoms with E-state index in [1.807, 2.05) is 36.4 Å². The Kier molecular flexibility index (Phi) is 4.18. The molecule has 0 saturated heterocycles. The Balaban J connectivity index is 1.56. The monoisotopic (exact) mass is 385 g/mol. The van der Waals surface area contributed by atoms with Crippen LogP contribution in [0, 0.1) is 0 Å². The molecular weight excluding hydrogens is 365 g/mol. The highest BCUT2D eigenvalue weighted by Gasteiger charge is 2.13. The van der Waals surface area contributed by atoms with Gasteiger partial charge in [0.05, 0.1) is 0 Å². The maximum absolute atomic E-state index is 12.8. The number of nitrogens with one attached hydrogen (secondary N) is 1. The highest BCUT2D eigenvalue weighted by molar-refractivity contribution is 7.41. The molecule has 0 aliphatic heterocycles. The number of para-hydroxylation sites is 1. The minimum atomic E-state index is -2.49. The average Bonchev–Trinajstić information content (AvgIpc) is 2.73. The van der Waals surface area contributed by atoms with Crippen molar-refractivity contribution in [2.45, 2.75) is 13.3 Å². The molecule has 0 aromatic heterocycles. The van der Waals surface area contributed by atoms with Crippen LogP contribution >= 0.6 is 8.18 Å². The normalized spacial score (nSPS) is 12.6. The molecule has 1 unspecified atom stereocenters. The molecule has 0 aliphatic carbocycles. The zero-order valence-electron chi connectivity index (χ0n) is 15.5. The standard InChI is InChI=1S/C24H20NO2P/c1-2-16-6-3-4-9-21(16)25-28(26)27-22-15-13-19-11-10-17-7-5-8-18-12-14-20(22)24(19)23(17)18/h3-15,28H,2H2,1H3,(H,25,26). The number of aryl methyl sites for hydroxylation is 1. The molecule has 5 aromatic carbocycles. The van der Waals surface area contributed by atoms with Gasteiger partial charge in [-0.2, -0.15) is 0 Å².